The van der Waals surface area contributed by atoms with E-state index in [-0.39, 0.29) is 18.4 Å². The average molecular weight is 441 g/mol. The Kier molecular flexibility index (Phi) is 18.2. The highest BCUT2D eigenvalue weighted by Crippen LogP contribution is 2.11. The van der Waals surface area contributed by atoms with Crippen LogP contribution in [0.25, 0.3) is 0 Å². The zero-order chi connectivity index (χ0) is 23.3. The lowest BCUT2D eigenvalue weighted by Gasteiger charge is -2.15. The van der Waals surface area contributed by atoms with Gasteiger partial charge in [0.2, 0.25) is 17.7 Å². The minimum atomic E-state index is -0.815. The van der Waals surface area contributed by atoms with E-state index in [1.807, 2.05) is 0 Å². The van der Waals surface area contributed by atoms with Crippen LogP contribution in [0.2, 0.25) is 0 Å². The number of carbonyl (C=O) groups is 3. The molecule has 0 aliphatic rings. The second kappa shape index (κ2) is 19.6. The van der Waals surface area contributed by atoms with E-state index in [4.69, 9.17) is 17.2 Å². The number of unbranched alkanes of at least 4 members (excludes halogenated alkanes) is 10. The van der Waals surface area contributed by atoms with Gasteiger partial charge in [-0.1, -0.05) is 71.1 Å². The van der Waals surface area contributed by atoms with Crippen LogP contribution in [0.1, 0.15) is 96.8 Å². The van der Waals surface area contributed by atoms with Crippen molar-refractivity contribution in [2.45, 2.75) is 103 Å². The molecule has 0 saturated heterocycles. The predicted octanol–water partition coefficient (Wildman–Crippen LogP) is 1.83. The van der Waals surface area contributed by atoms with E-state index >= 15 is 0 Å². The number of guanidine groups is 1. The molecule has 3 amide bonds. The first-order valence-corrected chi connectivity index (χ1v) is 11.8. The molecule has 0 unspecified atom stereocenters. The van der Waals surface area contributed by atoms with Crippen molar-refractivity contribution in [1.29, 1.82) is 0 Å². The Morgan fingerprint density at radius 3 is 1.84 bits per heavy atom. The fourth-order valence-electron chi connectivity index (χ4n) is 3.25. The van der Waals surface area contributed by atoms with Gasteiger partial charge in [-0.15, -0.1) is 0 Å². The maximum absolute atomic E-state index is 12.0. The van der Waals surface area contributed by atoms with Crippen LogP contribution >= 0.6 is 0 Å². The first-order valence-electron chi connectivity index (χ1n) is 11.8. The fourth-order valence-corrected chi connectivity index (χ4v) is 3.25. The van der Waals surface area contributed by atoms with E-state index < -0.39 is 17.9 Å². The van der Waals surface area contributed by atoms with E-state index in [1.165, 1.54) is 51.4 Å². The van der Waals surface area contributed by atoms with Gasteiger partial charge in [-0.2, -0.15) is 0 Å². The normalized spacial score (nSPS) is 11.5. The molecule has 0 aromatic heterocycles. The minimum Gasteiger partial charge on any atom is -0.370 e. The summed E-state index contributed by atoms with van der Waals surface area (Å²) in [5.74, 6) is -1.27. The topological polar surface area (TPSA) is 166 Å². The monoisotopic (exact) mass is 440 g/mol. The van der Waals surface area contributed by atoms with Crippen LogP contribution in [0, 0.1) is 0 Å². The quantitative estimate of drug-likeness (QED) is 0.110. The number of nitrogens with zero attached hydrogens (tertiary/aromatic N) is 1. The van der Waals surface area contributed by atoms with E-state index in [1.54, 1.807) is 0 Å². The Morgan fingerprint density at radius 2 is 1.32 bits per heavy atom. The Hall–Kier alpha value is -2.32. The second-order valence-electron chi connectivity index (χ2n) is 8.03. The molecule has 31 heavy (non-hydrogen) atoms. The molecule has 9 nitrogen and oxygen atoms in total. The van der Waals surface area contributed by atoms with Crippen LogP contribution in [-0.4, -0.2) is 42.8 Å². The third kappa shape index (κ3) is 19.4. The third-order valence-electron chi connectivity index (χ3n) is 5.08. The summed E-state index contributed by atoms with van der Waals surface area (Å²) < 4.78 is 0. The van der Waals surface area contributed by atoms with Gasteiger partial charge in [0.15, 0.2) is 5.96 Å². The maximum Gasteiger partial charge on any atom is 0.240 e. The summed E-state index contributed by atoms with van der Waals surface area (Å²) in [6.07, 6.45) is 14.7. The van der Waals surface area contributed by atoms with Gasteiger partial charge in [-0.3, -0.25) is 19.4 Å². The van der Waals surface area contributed by atoms with Crippen molar-refractivity contribution in [3.8, 4) is 0 Å². The molecular weight excluding hydrogens is 396 g/mol. The molecule has 0 fully saturated rings. The molecule has 0 radical (unpaired) electrons. The van der Waals surface area contributed by atoms with Crippen LogP contribution in [0.4, 0.5) is 0 Å². The fraction of sp³-hybridized carbons (Fsp3) is 0.818. The number of amides is 3. The molecule has 1 atom stereocenters. The summed E-state index contributed by atoms with van der Waals surface area (Å²) in [7, 11) is 0. The molecule has 8 N–H and O–H groups in total. The van der Waals surface area contributed by atoms with Crippen LogP contribution in [0.15, 0.2) is 4.99 Å². The number of hydrogen-bond donors (Lipinski definition) is 5. The number of primary amides is 1. The molecule has 0 aromatic rings. The van der Waals surface area contributed by atoms with Crippen molar-refractivity contribution < 1.29 is 14.4 Å². The lowest BCUT2D eigenvalue weighted by Crippen LogP contribution is -2.48. The highest BCUT2D eigenvalue weighted by atomic mass is 16.2. The number of aliphatic imine (C=N–C) groups is 1. The van der Waals surface area contributed by atoms with Gasteiger partial charge < -0.3 is 27.8 Å². The van der Waals surface area contributed by atoms with Gasteiger partial charge in [0.25, 0.3) is 0 Å². The van der Waals surface area contributed by atoms with E-state index in [2.05, 4.69) is 22.5 Å². The first-order chi connectivity index (χ1) is 14.9. The molecular formula is C22H44N6O3. The minimum absolute atomic E-state index is 0.0276. The molecule has 0 heterocycles. The van der Waals surface area contributed by atoms with Crippen molar-refractivity contribution >= 4 is 23.7 Å². The van der Waals surface area contributed by atoms with Gasteiger partial charge in [0, 0.05) is 13.0 Å². The molecule has 0 bridgehead atoms. The second-order valence-corrected chi connectivity index (χ2v) is 8.03. The maximum atomic E-state index is 12.0. The third-order valence-corrected chi connectivity index (χ3v) is 5.08. The molecule has 0 saturated carbocycles. The number of nitrogens with one attached hydrogen (secondary N) is 2. The zero-order valence-corrected chi connectivity index (χ0v) is 19.3. The highest BCUT2D eigenvalue weighted by molar-refractivity contribution is 5.89. The van der Waals surface area contributed by atoms with Crippen molar-refractivity contribution in [3.63, 3.8) is 0 Å². The lowest BCUT2D eigenvalue weighted by atomic mass is 10.1. The van der Waals surface area contributed by atoms with Crippen molar-refractivity contribution in [2.24, 2.45) is 22.2 Å². The molecule has 0 aliphatic carbocycles. The molecule has 0 rings (SSSR count). The Bertz CT molecular complexity index is 535. The molecule has 0 aliphatic heterocycles. The standard InChI is InChI=1S/C22H44N6O3/c1-2-3-4-5-6-7-8-9-10-11-12-15-19(29)27-17-20(30)28-18(21(23)31)14-13-16-26-22(24)25/h18H,2-17H2,1H3,(H2,23,31)(H,27,29)(H,28,30)(H4,24,25,26)/t18-/m0/s1. The number of hydrogen-bond acceptors (Lipinski definition) is 4. The van der Waals surface area contributed by atoms with E-state index in [0.29, 0.717) is 25.8 Å². The van der Waals surface area contributed by atoms with Crippen molar-refractivity contribution in [3.05, 3.63) is 0 Å². The van der Waals surface area contributed by atoms with Crippen molar-refractivity contribution in [2.75, 3.05) is 13.1 Å². The predicted molar refractivity (Wildman–Crippen MR) is 125 cm³/mol. The highest BCUT2D eigenvalue weighted by Gasteiger charge is 2.17. The number of nitrogens with two attached hydrogens (primary N) is 3. The summed E-state index contributed by atoms with van der Waals surface area (Å²) in [6, 6.07) is -0.815. The summed E-state index contributed by atoms with van der Waals surface area (Å²) >= 11 is 0. The van der Waals surface area contributed by atoms with Gasteiger partial charge in [0.1, 0.15) is 6.04 Å². The summed E-state index contributed by atoms with van der Waals surface area (Å²) in [5, 5.41) is 5.12. The summed E-state index contributed by atoms with van der Waals surface area (Å²) in [6.45, 7) is 2.40. The number of carbonyl (C=O) groups excluding carboxylic acids is 3. The largest absolute Gasteiger partial charge is 0.370 e. The SMILES string of the molecule is CCCCCCCCCCCCCC(=O)NCC(=O)N[C@@H](CCCN=C(N)N)C(N)=O. The Labute approximate surface area is 187 Å². The van der Waals surface area contributed by atoms with Gasteiger partial charge in [-0.05, 0) is 19.3 Å². The van der Waals surface area contributed by atoms with Gasteiger partial charge >= 0.3 is 0 Å². The smallest absolute Gasteiger partial charge is 0.240 e. The van der Waals surface area contributed by atoms with E-state index in [9.17, 15) is 14.4 Å². The Morgan fingerprint density at radius 1 is 0.774 bits per heavy atom. The van der Waals surface area contributed by atoms with Crippen LogP contribution < -0.4 is 27.8 Å². The molecule has 0 aromatic carbocycles. The van der Waals surface area contributed by atoms with Gasteiger partial charge in [0.05, 0.1) is 6.54 Å². The molecule has 180 valence electrons. The summed E-state index contributed by atoms with van der Waals surface area (Å²) in [5.41, 5.74) is 15.8. The van der Waals surface area contributed by atoms with Crippen molar-refractivity contribution in [1.82, 2.24) is 10.6 Å². The van der Waals surface area contributed by atoms with Crippen LogP contribution in [0.5, 0.6) is 0 Å². The average Bonchev–Trinajstić information content (AvgIpc) is 2.72. The van der Waals surface area contributed by atoms with Gasteiger partial charge in [-0.25, -0.2) is 0 Å². The molecule has 9 heteroatoms. The van der Waals surface area contributed by atoms with Crippen LogP contribution in [0.3, 0.4) is 0 Å². The first kappa shape index (κ1) is 28.7. The lowest BCUT2D eigenvalue weighted by molar-refractivity contribution is -0.128. The molecule has 0 spiro atoms. The zero-order valence-electron chi connectivity index (χ0n) is 19.3. The summed E-state index contributed by atoms with van der Waals surface area (Å²) in [4.78, 5) is 39.1. The van der Waals surface area contributed by atoms with E-state index in [0.717, 1.165) is 19.3 Å². The Balaban J connectivity index is 3.75. The number of rotatable bonds is 20. The van der Waals surface area contributed by atoms with Crippen LogP contribution in [-0.2, 0) is 14.4 Å².